The Bertz CT molecular complexity index is 1030. The first kappa shape index (κ1) is 18.7. The van der Waals surface area contributed by atoms with Gasteiger partial charge in [-0.1, -0.05) is 6.07 Å². The van der Waals surface area contributed by atoms with Gasteiger partial charge in [-0.2, -0.15) is 5.26 Å². The number of ether oxygens (including phenoxy) is 2. The molecule has 0 unspecified atom stereocenters. The highest BCUT2D eigenvalue weighted by Crippen LogP contribution is 2.29. The van der Waals surface area contributed by atoms with Gasteiger partial charge in [-0.3, -0.25) is 4.79 Å². The fraction of sp³-hybridized carbons (Fsp3) is 0.100. The van der Waals surface area contributed by atoms with E-state index in [1.807, 2.05) is 0 Å². The van der Waals surface area contributed by atoms with Crippen LogP contribution in [0.3, 0.4) is 0 Å². The molecule has 8 heteroatoms. The molecule has 2 N–H and O–H groups in total. The van der Waals surface area contributed by atoms with E-state index < -0.39 is 0 Å². The molecule has 140 valence electrons. The number of carbonyl (C=O) groups is 1. The molecular formula is C20H17N5O3. The summed E-state index contributed by atoms with van der Waals surface area (Å²) in [6, 6.07) is 14.1. The summed E-state index contributed by atoms with van der Waals surface area (Å²) in [4.78, 5) is 20.7. The van der Waals surface area contributed by atoms with Gasteiger partial charge in [0.1, 0.15) is 0 Å². The lowest BCUT2D eigenvalue weighted by Crippen LogP contribution is -2.13. The standard InChI is InChI=1S/C20H17N5O3/c1-27-17-7-6-16(9-18(17)28-2)24-19(26)14-11-22-20(23-12-14)25-15-5-3-4-13(8-15)10-21/h3-9,11-12H,1-2H3,(H,24,26)(H,22,23,25). The Hall–Kier alpha value is -4.12. The van der Waals surface area contributed by atoms with Gasteiger partial charge in [0.05, 0.1) is 31.4 Å². The zero-order valence-electron chi connectivity index (χ0n) is 15.3. The fourth-order valence-corrected chi connectivity index (χ4v) is 2.42. The average molecular weight is 375 g/mol. The number of carbonyl (C=O) groups excluding carboxylic acids is 1. The van der Waals surface area contributed by atoms with Crippen molar-refractivity contribution < 1.29 is 14.3 Å². The number of rotatable bonds is 6. The van der Waals surface area contributed by atoms with Crippen LogP contribution >= 0.6 is 0 Å². The van der Waals surface area contributed by atoms with Crippen LogP contribution < -0.4 is 20.1 Å². The largest absolute Gasteiger partial charge is 0.493 e. The summed E-state index contributed by atoms with van der Waals surface area (Å²) >= 11 is 0. The van der Waals surface area contributed by atoms with Crippen molar-refractivity contribution in [3.05, 3.63) is 66.0 Å². The lowest BCUT2D eigenvalue weighted by atomic mass is 10.2. The Balaban J connectivity index is 1.69. The van der Waals surface area contributed by atoms with Crippen LogP contribution in [0.5, 0.6) is 11.5 Å². The maximum atomic E-state index is 12.4. The number of benzene rings is 2. The predicted octanol–water partition coefficient (Wildman–Crippen LogP) is 3.36. The molecule has 0 fully saturated rings. The molecule has 0 aliphatic rings. The van der Waals surface area contributed by atoms with E-state index in [0.29, 0.717) is 39.9 Å². The highest BCUT2D eigenvalue weighted by atomic mass is 16.5. The SMILES string of the molecule is COc1ccc(NC(=O)c2cnc(Nc3cccc(C#N)c3)nc2)cc1OC. The molecule has 1 amide bonds. The molecule has 0 atom stereocenters. The predicted molar refractivity (Wildman–Crippen MR) is 104 cm³/mol. The zero-order valence-corrected chi connectivity index (χ0v) is 15.3. The number of hydrogen-bond donors (Lipinski definition) is 2. The minimum Gasteiger partial charge on any atom is -0.493 e. The molecule has 0 aliphatic carbocycles. The minimum atomic E-state index is -0.356. The van der Waals surface area contributed by atoms with Crippen molar-refractivity contribution >= 4 is 23.2 Å². The second-order valence-electron chi connectivity index (χ2n) is 5.64. The molecule has 0 saturated carbocycles. The van der Waals surface area contributed by atoms with E-state index in [1.165, 1.54) is 19.5 Å². The average Bonchev–Trinajstić information content (AvgIpc) is 2.74. The van der Waals surface area contributed by atoms with Gasteiger partial charge < -0.3 is 20.1 Å². The molecule has 3 aromatic rings. The van der Waals surface area contributed by atoms with E-state index in [0.717, 1.165) is 0 Å². The van der Waals surface area contributed by atoms with E-state index in [4.69, 9.17) is 14.7 Å². The summed E-state index contributed by atoms with van der Waals surface area (Å²) in [5.41, 5.74) is 2.06. The number of methoxy groups -OCH3 is 2. The highest BCUT2D eigenvalue weighted by Gasteiger charge is 2.10. The van der Waals surface area contributed by atoms with Gasteiger partial charge in [0, 0.05) is 29.8 Å². The van der Waals surface area contributed by atoms with Crippen molar-refractivity contribution in [3.8, 4) is 17.6 Å². The molecule has 0 aliphatic heterocycles. The van der Waals surface area contributed by atoms with Crippen LogP contribution in [0.4, 0.5) is 17.3 Å². The van der Waals surface area contributed by atoms with Gasteiger partial charge in [-0.25, -0.2) is 9.97 Å². The molecule has 0 radical (unpaired) electrons. The molecule has 2 aromatic carbocycles. The minimum absolute atomic E-state index is 0.297. The normalized spacial score (nSPS) is 9.89. The van der Waals surface area contributed by atoms with E-state index in [2.05, 4.69) is 26.7 Å². The van der Waals surface area contributed by atoms with Crippen LogP contribution in [0, 0.1) is 11.3 Å². The van der Waals surface area contributed by atoms with E-state index in [1.54, 1.807) is 49.6 Å². The maximum Gasteiger partial charge on any atom is 0.258 e. The Morgan fingerprint density at radius 3 is 2.43 bits per heavy atom. The van der Waals surface area contributed by atoms with E-state index >= 15 is 0 Å². The van der Waals surface area contributed by atoms with Crippen molar-refractivity contribution in [2.75, 3.05) is 24.9 Å². The molecule has 3 rings (SSSR count). The lowest BCUT2D eigenvalue weighted by Gasteiger charge is -2.10. The van der Waals surface area contributed by atoms with Gasteiger partial charge in [-0.15, -0.1) is 0 Å². The quantitative estimate of drug-likeness (QED) is 0.680. The monoisotopic (exact) mass is 375 g/mol. The van der Waals surface area contributed by atoms with Gasteiger partial charge in [0.25, 0.3) is 5.91 Å². The second kappa shape index (κ2) is 8.51. The molecule has 0 saturated heterocycles. The number of amides is 1. The third-order valence-corrected chi connectivity index (χ3v) is 3.80. The third kappa shape index (κ3) is 4.34. The molecule has 28 heavy (non-hydrogen) atoms. The van der Waals surface area contributed by atoms with Crippen LogP contribution in [0.15, 0.2) is 54.9 Å². The second-order valence-corrected chi connectivity index (χ2v) is 5.64. The van der Waals surface area contributed by atoms with Crippen LogP contribution in [0.2, 0.25) is 0 Å². The Morgan fingerprint density at radius 2 is 1.75 bits per heavy atom. The van der Waals surface area contributed by atoms with E-state index in [-0.39, 0.29) is 5.91 Å². The first-order valence-electron chi connectivity index (χ1n) is 8.25. The first-order chi connectivity index (χ1) is 13.6. The van der Waals surface area contributed by atoms with Crippen LogP contribution in [-0.2, 0) is 0 Å². The van der Waals surface area contributed by atoms with Gasteiger partial charge in [0.15, 0.2) is 11.5 Å². The van der Waals surface area contributed by atoms with Crippen molar-refractivity contribution in [2.45, 2.75) is 0 Å². The first-order valence-corrected chi connectivity index (χ1v) is 8.25. The van der Waals surface area contributed by atoms with Crippen LogP contribution in [0.1, 0.15) is 15.9 Å². The molecule has 1 heterocycles. The lowest BCUT2D eigenvalue weighted by molar-refractivity contribution is 0.102. The van der Waals surface area contributed by atoms with Crippen molar-refractivity contribution in [3.63, 3.8) is 0 Å². The number of nitrogens with zero attached hydrogens (tertiary/aromatic N) is 3. The van der Waals surface area contributed by atoms with Crippen LogP contribution in [0.25, 0.3) is 0 Å². The number of nitriles is 1. The topological polar surface area (TPSA) is 109 Å². The summed E-state index contributed by atoms with van der Waals surface area (Å²) in [5.74, 6) is 1.04. The Kier molecular flexibility index (Phi) is 5.67. The van der Waals surface area contributed by atoms with Gasteiger partial charge in [-0.05, 0) is 30.3 Å². The molecule has 8 nitrogen and oxygen atoms in total. The van der Waals surface area contributed by atoms with Gasteiger partial charge >= 0.3 is 0 Å². The smallest absolute Gasteiger partial charge is 0.258 e. The van der Waals surface area contributed by atoms with Crippen LogP contribution in [-0.4, -0.2) is 30.1 Å². The van der Waals surface area contributed by atoms with Crippen molar-refractivity contribution in [2.24, 2.45) is 0 Å². The number of hydrogen-bond acceptors (Lipinski definition) is 7. The van der Waals surface area contributed by atoms with E-state index in [9.17, 15) is 4.79 Å². The molecular weight excluding hydrogens is 358 g/mol. The number of anilines is 3. The number of aromatic nitrogens is 2. The molecule has 0 bridgehead atoms. The summed E-state index contributed by atoms with van der Waals surface area (Å²) in [6.07, 6.45) is 2.83. The van der Waals surface area contributed by atoms with Gasteiger partial charge in [0.2, 0.25) is 5.95 Å². The maximum absolute atomic E-state index is 12.4. The molecule has 0 spiro atoms. The summed E-state index contributed by atoms with van der Waals surface area (Å²) in [5, 5.41) is 14.7. The van der Waals surface area contributed by atoms with Crippen molar-refractivity contribution in [1.82, 2.24) is 9.97 Å². The number of nitrogens with one attached hydrogen (secondary N) is 2. The summed E-state index contributed by atoms with van der Waals surface area (Å²) < 4.78 is 10.4. The Morgan fingerprint density at radius 1 is 1.00 bits per heavy atom. The van der Waals surface area contributed by atoms with Crippen molar-refractivity contribution in [1.29, 1.82) is 5.26 Å². The fourth-order valence-electron chi connectivity index (χ4n) is 2.42. The molecule has 1 aromatic heterocycles. The third-order valence-electron chi connectivity index (χ3n) is 3.80. The zero-order chi connectivity index (χ0) is 19.9. The summed E-state index contributed by atoms with van der Waals surface area (Å²) in [7, 11) is 3.06. The Labute approximate surface area is 161 Å². The summed E-state index contributed by atoms with van der Waals surface area (Å²) in [6.45, 7) is 0. The highest BCUT2D eigenvalue weighted by molar-refractivity contribution is 6.04.